The van der Waals surface area contributed by atoms with E-state index in [0.717, 1.165) is 32.1 Å². The Balaban J connectivity index is 1.94. The van der Waals surface area contributed by atoms with E-state index in [4.69, 9.17) is 11.5 Å². The summed E-state index contributed by atoms with van der Waals surface area (Å²) in [5.74, 6) is 0.306. The van der Waals surface area contributed by atoms with E-state index in [1.807, 2.05) is 0 Å². The monoisotopic (exact) mass is 357 g/mol. The highest BCUT2D eigenvalue weighted by molar-refractivity contribution is 6.14. The van der Waals surface area contributed by atoms with Crippen molar-refractivity contribution in [2.75, 3.05) is 11.9 Å². The Morgan fingerprint density at radius 1 is 1.38 bits per heavy atom. The van der Waals surface area contributed by atoms with Gasteiger partial charge >= 0.3 is 0 Å². The van der Waals surface area contributed by atoms with Crippen molar-refractivity contribution in [3.05, 3.63) is 23.2 Å². The van der Waals surface area contributed by atoms with Crippen LogP contribution in [0.1, 0.15) is 60.8 Å². The Kier molecular flexibility index (Phi) is 5.82. The molecule has 0 unspecified atom stereocenters. The third-order valence-corrected chi connectivity index (χ3v) is 4.80. The number of aliphatic imine (C=N–C) groups is 1. The largest absolute Gasteiger partial charge is 0.404 e. The molecule has 0 spiro atoms. The number of anilines is 1. The number of amides is 1. The second kappa shape index (κ2) is 8.27. The first-order valence-electron chi connectivity index (χ1n) is 9.27. The van der Waals surface area contributed by atoms with Crippen LogP contribution in [0.3, 0.4) is 0 Å². The van der Waals surface area contributed by atoms with Gasteiger partial charge in [0.15, 0.2) is 0 Å². The fourth-order valence-corrected chi connectivity index (χ4v) is 3.38. The third kappa shape index (κ3) is 3.85. The second-order valence-corrected chi connectivity index (χ2v) is 6.76. The molecule has 0 radical (unpaired) electrons. The molecule has 3 rings (SSSR count). The van der Waals surface area contributed by atoms with Gasteiger partial charge in [-0.15, -0.1) is 0 Å². The Bertz CT molecular complexity index is 728. The van der Waals surface area contributed by atoms with Gasteiger partial charge in [0.2, 0.25) is 5.95 Å². The molecule has 1 fully saturated rings. The predicted molar refractivity (Wildman–Crippen MR) is 103 cm³/mol. The van der Waals surface area contributed by atoms with E-state index in [-0.39, 0.29) is 18.0 Å². The molecule has 0 aromatic carbocycles. The lowest BCUT2D eigenvalue weighted by Gasteiger charge is -2.29. The lowest BCUT2D eigenvalue weighted by Crippen LogP contribution is -2.43. The van der Waals surface area contributed by atoms with Gasteiger partial charge in [-0.25, -0.2) is 9.97 Å². The Hall–Kier alpha value is -2.48. The number of fused-ring (bicyclic) bond motifs is 1. The molecule has 1 aromatic rings. The molecule has 8 nitrogen and oxygen atoms in total. The van der Waals surface area contributed by atoms with Crippen LogP contribution >= 0.6 is 0 Å². The molecule has 0 saturated heterocycles. The van der Waals surface area contributed by atoms with Gasteiger partial charge in [-0.1, -0.05) is 19.8 Å². The number of carbonyl (C=O) groups excluding carboxylic acids is 1. The highest BCUT2D eigenvalue weighted by atomic mass is 16.1. The number of nitrogens with two attached hydrogens (primary N) is 2. The van der Waals surface area contributed by atoms with Crippen LogP contribution in [0.2, 0.25) is 0 Å². The van der Waals surface area contributed by atoms with E-state index in [9.17, 15) is 4.79 Å². The first kappa shape index (κ1) is 18.3. The summed E-state index contributed by atoms with van der Waals surface area (Å²) < 4.78 is 0. The standard InChI is InChI=1S/C18H27N7O/c1-2-7-21-9-11(8-19)16-15-14(10-22-17(15)26)24-18(25-16)23-13-6-4-3-5-12(13)20/h8-9,12-13H,2-7,10,19-20H2,1H3,(H,22,26)(H,23,24,25)/b11-8+,21-9?/t12-,13+/m0/s1. The zero-order chi connectivity index (χ0) is 18.5. The highest BCUT2D eigenvalue weighted by Crippen LogP contribution is 2.26. The fraction of sp³-hybridized carbons (Fsp3) is 0.556. The number of nitrogens with one attached hydrogen (secondary N) is 2. The number of rotatable bonds is 6. The zero-order valence-electron chi connectivity index (χ0n) is 15.2. The summed E-state index contributed by atoms with van der Waals surface area (Å²) in [6.45, 7) is 3.13. The van der Waals surface area contributed by atoms with Crippen LogP contribution in [0.25, 0.3) is 5.57 Å². The molecule has 26 heavy (non-hydrogen) atoms. The number of carbonyl (C=O) groups is 1. The Morgan fingerprint density at radius 3 is 2.92 bits per heavy atom. The van der Waals surface area contributed by atoms with Crippen molar-refractivity contribution >= 4 is 23.6 Å². The molecule has 2 aliphatic rings. The van der Waals surface area contributed by atoms with Gasteiger partial charge in [-0.2, -0.15) is 0 Å². The molecule has 2 heterocycles. The third-order valence-electron chi connectivity index (χ3n) is 4.80. The van der Waals surface area contributed by atoms with E-state index in [2.05, 4.69) is 32.5 Å². The van der Waals surface area contributed by atoms with Crippen LogP contribution in [0, 0.1) is 0 Å². The van der Waals surface area contributed by atoms with Gasteiger partial charge in [0.25, 0.3) is 5.91 Å². The molecule has 1 aliphatic heterocycles. The van der Waals surface area contributed by atoms with Crippen LogP contribution in [0.5, 0.6) is 0 Å². The molecular formula is C18H27N7O. The summed E-state index contributed by atoms with van der Waals surface area (Å²) in [6.07, 6.45) is 8.32. The Labute approximate surface area is 153 Å². The molecule has 140 valence electrons. The number of nitrogens with zero attached hydrogens (tertiary/aromatic N) is 3. The minimum absolute atomic E-state index is 0.0828. The molecule has 8 heteroatoms. The summed E-state index contributed by atoms with van der Waals surface area (Å²) in [5, 5.41) is 6.17. The first-order valence-corrected chi connectivity index (χ1v) is 9.27. The van der Waals surface area contributed by atoms with Gasteiger partial charge in [0.1, 0.15) is 0 Å². The Morgan fingerprint density at radius 2 is 2.19 bits per heavy atom. The smallest absolute Gasteiger partial charge is 0.255 e. The van der Waals surface area contributed by atoms with Gasteiger partial charge in [0.05, 0.1) is 23.5 Å². The molecule has 2 atom stereocenters. The lowest BCUT2D eigenvalue weighted by atomic mass is 9.91. The molecular weight excluding hydrogens is 330 g/mol. The summed E-state index contributed by atoms with van der Waals surface area (Å²) in [5.41, 5.74) is 14.3. The zero-order valence-corrected chi connectivity index (χ0v) is 15.2. The minimum atomic E-state index is -0.181. The van der Waals surface area contributed by atoms with Gasteiger partial charge in [-0.3, -0.25) is 9.79 Å². The van der Waals surface area contributed by atoms with Crippen molar-refractivity contribution < 1.29 is 4.79 Å². The number of aromatic nitrogens is 2. The van der Waals surface area contributed by atoms with E-state index in [0.29, 0.717) is 41.6 Å². The van der Waals surface area contributed by atoms with Gasteiger partial charge in [0, 0.05) is 36.6 Å². The second-order valence-electron chi connectivity index (χ2n) is 6.76. The molecule has 1 aromatic heterocycles. The SMILES string of the molecule is CCCN=C/C(=C\N)c1nc(N[C@@H]2CCCC[C@@H]2N)nc2c1C(=O)NC2. The van der Waals surface area contributed by atoms with E-state index in [1.165, 1.54) is 6.20 Å². The maximum absolute atomic E-state index is 12.2. The van der Waals surface area contributed by atoms with Crippen LogP contribution in [-0.2, 0) is 6.54 Å². The van der Waals surface area contributed by atoms with Crippen molar-refractivity contribution in [3.63, 3.8) is 0 Å². The average molecular weight is 357 g/mol. The average Bonchev–Trinajstić information content (AvgIpc) is 3.01. The summed E-state index contributed by atoms with van der Waals surface area (Å²) in [4.78, 5) is 25.7. The summed E-state index contributed by atoms with van der Waals surface area (Å²) in [7, 11) is 0. The molecule has 0 bridgehead atoms. The first-order chi connectivity index (χ1) is 12.6. The predicted octanol–water partition coefficient (Wildman–Crippen LogP) is 1.18. The van der Waals surface area contributed by atoms with Gasteiger partial charge in [-0.05, 0) is 19.3 Å². The van der Waals surface area contributed by atoms with Gasteiger partial charge < -0.3 is 22.1 Å². The topological polar surface area (TPSA) is 131 Å². The van der Waals surface area contributed by atoms with Crippen molar-refractivity contribution in [1.82, 2.24) is 15.3 Å². The van der Waals surface area contributed by atoms with Crippen molar-refractivity contribution in [2.24, 2.45) is 16.5 Å². The van der Waals surface area contributed by atoms with E-state index < -0.39 is 0 Å². The van der Waals surface area contributed by atoms with Crippen LogP contribution in [0.4, 0.5) is 5.95 Å². The minimum Gasteiger partial charge on any atom is -0.404 e. The molecule has 1 aliphatic carbocycles. The lowest BCUT2D eigenvalue weighted by molar-refractivity contribution is 0.0965. The molecule has 1 saturated carbocycles. The maximum atomic E-state index is 12.2. The van der Waals surface area contributed by atoms with Crippen LogP contribution in [-0.4, -0.2) is 40.7 Å². The maximum Gasteiger partial charge on any atom is 0.255 e. The summed E-state index contributed by atoms with van der Waals surface area (Å²) >= 11 is 0. The van der Waals surface area contributed by atoms with Crippen LogP contribution in [0.15, 0.2) is 11.2 Å². The van der Waals surface area contributed by atoms with Crippen molar-refractivity contribution in [3.8, 4) is 0 Å². The quantitative estimate of drug-likeness (QED) is 0.565. The summed E-state index contributed by atoms with van der Waals surface area (Å²) in [6, 6.07) is 0.221. The number of hydrogen-bond acceptors (Lipinski definition) is 7. The number of allylic oxidation sites excluding steroid dienone is 1. The molecule has 6 N–H and O–H groups in total. The fourth-order valence-electron chi connectivity index (χ4n) is 3.38. The highest BCUT2D eigenvalue weighted by Gasteiger charge is 2.29. The van der Waals surface area contributed by atoms with Crippen LogP contribution < -0.4 is 22.1 Å². The molecule has 1 amide bonds. The van der Waals surface area contributed by atoms with Crippen molar-refractivity contribution in [2.45, 2.75) is 57.7 Å². The normalized spacial score (nSPS) is 23.2. The van der Waals surface area contributed by atoms with E-state index >= 15 is 0 Å². The van der Waals surface area contributed by atoms with Crippen molar-refractivity contribution in [1.29, 1.82) is 0 Å². The van der Waals surface area contributed by atoms with E-state index in [1.54, 1.807) is 6.21 Å². The number of hydrogen-bond donors (Lipinski definition) is 4.